The minimum Gasteiger partial charge on any atom is -0.400 e. The molecule has 0 aromatic carbocycles. The summed E-state index contributed by atoms with van der Waals surface area (Å²) < 4.78 is 11.7. The topological polar surface area (TPSA) is 18.5 Å². The molecule has 0 amide bonds. The van der Waals surface area contributed by atoms with E-state index in [9.17, 15) is 0 Å². The molecule has 15 heavy (non-hydrogen) atoms. The quantitative estimate of drug-likeness (QED) is 0.512. The number of hydrogen-bond acceptors (Lipinski definition) is 2. The Labute approximate surface area is 93.5 Å². The van der Waals surface area contributed by atoms with Crippen molar-refractivity contribution in [3.05, 3.63) is 23.7 Å². The van der Waals surface area contributed by atoms with Crippen molar-refractivity contribution in [2.45, 2.75) is 52.7 Å². The molecule has 0 saturated carbocycles. The molecule has 1 heterocycles. The maximum atomic E-state index is 5.85. The molecule has 0 radical (unpaired) electrons. The Balaban J connectivity index is 2.80. The van der Waals surface area contributed by atoms with Gasteiger partial charge >= 0.3 is 7.12 Å². The van der Waals surface area contributed by atoms with Crippen molar-refractivity contribution >= 4 is 7.12 Å². The lowest BCUT2D eigenvalue weighted by atomic mass is 9.86. The Kier molecular flexibility index (Phi) is 3.18. The van der Waals surface area contributed by atoms with Crippen LogP contribution in [0.5, 0.6) is 0 Å². The van der Waals surface area contributed by atoms with E-state index in [2.05, 4.69) is 34.3 Å². The molecule has 0 spiro atoms. The average molecular weight is 208 g/mol. The first-order chi connectivity index (χ1) is 6.66. The second-order valence-corrected chi connectivity index (χ2v) is 5.25. The van der Waals surface area contributed by atoms with Crippen LogP contribution in [0.1, 0.15) is 41.5 Å². The Morgan fingerprint density at radius 1 is 1.07 bits per heavy atom. The summed E-state index contributed by atoms with van der Waals surface area (Å²) in [4.78, 5) is 0. The summed E-state index contributed by atoms with van der Waals surface area (Å²) in [5.41, 5.74) is 1.64. The standard InChI is InChI=1S/C12H21BO2/c1-9(2)10(3)8-13-14-11(4,5)12(6,7)15-13/h8H,1H2,2-7H3/b10-8+. The van der Waals surface area contributed by atoms with E-state index in [-0.39, 0.29) is 18.3 Å². The maximum absolute atomic E-state index is 5.85. The highest BCUT2D eigenvalue weighted by Crippen LogP contribution is 2.37. The molecule has 3 heteroatoms. The van der Waals surface area contributed by atoms with Crippen LogP contribution in [0.4, 0.5) is 0 Å². The minimum absolute atomic E-state index is 0.258. The summed E-state index contributed by atoms with van der Waals surface area (Å²) in [5.74, 6) is 1.98. The van der Waals surface area contributed by atoms with Crippen molar-refractivity contribution in [3.63, 3.8) is 0 Å². The molecule has 0 aromatic rings. The first kappa shape index (κ1) is 12.5. The molecule has 0 atom stereocenters. The van der Waals surface area contributed by atoms with E-state index in [1.807, 2.05) is 19.8 Å². The molecule has 2 nitrogen and oxygen atoms in total. The highest BCUT2D eigenvalue weighted by molar-refractivity contribution is 6.51. The number of rotatable bonds is 2. The van der Waals surface area contributed by atoms with Gasteiger partial charge in [-0.1, -0.05) is 23.7 Å². The third-order valence-electron chi connectivity index (χ3n) is 3.33. The van der Waals surface area contributed by atoms with Gasteiger partial charge in [0, 0.05) is 0 Å². The smallest absolute Gasteiger partial charge is 0.400 e. The van der Waals surface area contributed by atoms with Gasteiger partial charge in [0.15, 0.2) is 0 Å². The summed E-state index contributed by atoms with van der Waals surface area (Å²) >= 11 is 0. The highest BCUT2D eigenvalue weighted by atomic mass is 16.7. The molecule has 0 unspecified atom stereocenters. The van der Waals surface area contributed by atoms with Gasteiger partial charge in [-0.2, -0.15) is 0 Å². The van der Waals surface area contributed by atoms with Gasteiger partial charge in [-0.3, -0.25) is 0 Å². The van der Waals surface area contributed by atoms with Gasteiger partial charge in [0.1, 0.15) is 0 Å². The van der Waals surface area contributed by atoms with Crippen molar-refractivity contribution in [2.75, 3.05) is 0 Å². The fourth-order valence-electron chi connectivity index (χ4n) is 1.30. The monoisotopic (exact) mass is 208 g/mol. The van der Waals surface area contributed by atoms with Crippen molar-refractivity contribution in [3.8, 4) is 0 Å². The molecule has 0 bridgehead atoms. The minimum atomic E-state index is -0.260. The fourth-order valence-corrected chi connectivity index (χ4v) is 1.30. The molecular weight excluding hydrogens is 187 g/mol. The highest BCUT2D eigenvalue weighted by Gasteiger charge is 2.50. The van der Waals surface area contributed by atoms with Crippen LogP contribution in [-0.4, -0.2) is 18.3 Å². The molecule has 1 aliphatic rings. The first-order valence-electron chi connectivity index (χ1n) is 5.36. The zero-order valence-corrected chi connectivity index (χ0v) is 10.7. The van der Waals surface area contributed by atoms with Gasteiger partial charge in [-0.15, -0.1) is 0 Å². The largest absolute Gasteiger partial charge is 0.487 e. The van der Waals surface area contributed by atoms with E-state index >= 15 is 0 Å². The van der Waals surface area contributed by atoms with E-state index < -0.39 is 0 Å². The summed E-state index contributed by atoms with van der Waals surface area (Å²) in [6.07, 6.45) is 0. The van der Waals surface area contributed by atoms with Crippen LogP contribution in [0.2, 0.25) is 0 Å². The Morgan fingerprint density at radius 2 is 1.47 bits per heavy atom. The predicted molar refractivity (Wildman–Crippen MR) is 64.7 cm³/mol. The van der Waals surface area contributed by atoms with Crippen LogP contribution in [0.25, 0.3) is 0 Å². The lowest BCUT2D eigenvalue weighted by Crippen LogP contribution is -2.41. The molecule has 0 aliphatic carbocycles. The third-order valence-corrected chi connectivity index (χ3v) is 3.33. The summed E-state index contributed by atoms with van der Waals surface area (Å²) in [5, 5.41) is 0. The van der Waals surface area contributed by atoms with Crippen LogP contribution in [0.15, 0.2) is 23.7 Å². The predicted octanol–water partition coefficient (Wildman–Crippen LogP) is 3.14. The lowest BCUT2D eigenvalue weighted by Gasteiger charge is -2.32. The Bertz CT molecular complexity index is 287. The molecule has 84 valence electrons. The van der Waals surface area contributed by atoms with Crippen LogP contribution in [-0.2, 0) is 9.31 Å². The van der Waals surface area contributed by atoms with E-state index in [1.54, 1.807) is 0 Å². The van der Waals surface area contributed by atoms with Gasteiger partial charge < -0.3 is 9.31 Å². The maximum Gasteiger partial charge on any atom is 0.487 e. The average Bonchev–Trinajstić information content (AvgIpc) is 2.19. The second-order valence-electron chi connectivity index (χ2n) is 5.25. The van der Waals surface area contributed by atoms with Gasteiger partial charge in [0.2, 0.25) is 0 Å². The van der Waals surface area contributed by atoms with Crippen LogP contribution in [0.3, 0.4) is 0 Å². The number of hydrogen-bond donors (Lipinski definition) is 0. The molecule has 1 fully saturated rings. The summed E-state index contributed by atoms with van der Waals surface area (Å²) in [7, 11) is -0.258. The SMILES string of the molecule is C=C(C)/C(C)=C/B1OC(C)(C)C(C)(C)O1. The molecule has 1 saturated heterocycles. The van der Waals surface area contributed by atoms with Crippen molar-refractivity contribution < 1.29 is 9.31 Å². The Morgan fingerprint density at radius 3 is 1.80 bits per heavy atom. The summed E-state index contributed by atoms with van der Waals surface area (Å²) in [6.45, 7) is 16.1. The molecule has 0 N–H and O–H groups in total. The molecule has 1 aliphatic heterocycles. The Hall–Kier alpha value is -0.535. The van der Waals surface area contributed by atoms with E-state index in [4.69, 9.17) is 9.31 Å². The fraction of sp³-hybridized carbons (Fsp3) is 0.667. The second kappa shape index (κ2) is 3.80. The van der Waals surface area contributed by atoms with E-state index in [0.717, 1.165) is 11.1 Å². The van der Waals surface area contributed by atoms with Crippen LogP contribution >= 0.6 is 0 Å². The van der Waals surface area contributed by atoms with Crippen molar-refractivity contribution in [1.29, 1.82) is 0 Å². The molecular formula is C12H21BO2. The number of allylic oxidation sites excluding steroid dienone is 2. The van der Waals surface area contributed by atoms with Crippen molar-refractivity contribution in [1.82, 2.24) is 0 Å². The van der Waals surface area contributed by atoms with Crippen LogP contribution < -0.4 is 0 Å². The van der Waals surface area contributed by atoms with Crippen LogP contribution in [0, 0.1) is 0 Å². The first-order valence-corrected chi connectivity index (χ1v) is 5.36. The molecule has 1 rings (SSSR count). The van der Waals surface area contributed by atoms with Gasteiger partial charge in [-0.05, 0) is 41.5 Å². The van der Waals surface area contributed by atoms with Crippen molar-refractivity contribution in [2.24, 2.45) is 0 Å². The summed E-state index contributed by atoms with van der Waals surface area (Å²) in [6, 6.07) is 0. The third kappa shape index (κ3) is 2.53. The molecule has 0 aromatic heterocycles. The van der Waals surface area contributed by atoms with E-state index in [1.165, 1.54) is 0 Å². The van der Waals surface area contributed by atoms with Gasteiger partial charge in [0.25, 0.3) is 0 Å². The zero-order chi connectivity index (χ0) is 11.9. The van der Waals surface area contributed by atoms with Gasteiger partial charge in [-0.25, -0.2) is 0 Å². The van der Waals surface area contributed by atoms with E-state index in [0.29, 0.717) is 0 Å². The lowest BCUT2D eigenvalue weighted by molar-refractivity contribution is 0.00578. The normalized spacial score (nSPS) is 24.4. The van der Waals surface area contributed by atoms with Gasteiger partial charge in [0.05, 0.1) is 11.2 Å². The zero-order valence-electron chi connectivity index (χ0n) is 10.7.